The van der Waals surface area contributed by atoms with Crippen molar-refractivity contribution in [3.8, 4) is 0 Å². The molecule has 32 heavy (non-hydrogen) atoms. The summed E-state index contributed by atoms with van der Waals surface area (Å²) in [7, 11) is 2.06. The molecule has 0 spiro atoms. The molecular weight excluding hydrogens is 434 g/mol. The van der Waals surface area contributed by atoms with Crippen LogP contribution in [0.4, 0.5) is 0 Å². The molecule has 170 valence electrons. The Hall–Kier alpha value is -2.22. The molecule has 0 atom stereocenters. The highest BCUT2D eigenvalue weighted by Crippen LogP contribution is 2.18. The fourth-order valence-electron chi connectivity index (χ4n) is 4.44. The van der Waals surface area contributed by atoms with Gasteiger partial charge < -0.3 is 13.6 Å². The summed E-state index contributed by atoms with van der Waals surface area (Å²) in [4.78, 5) is 1.90. The standard InChI is InChI=1S/C25H34N5S2/c1-5-30(6-2,7-3)19-13-12-18-29-21-15-9-11-17-23(21)32-25(29)27-26-24-28(4)20-14-8-10-16-22(20)31-24/h8-11,14-17H,5-7,12-13,18-19H2,1-4H3/q+1/b26-24+,27-25+. The number of aryl methyl sites for hydroxylation is 2. The molecule has 0 radical (unpaired) electrons. The van der Waals surface area contributed by atoms with Crippen molar-refractivity contribution in [2.75, 3.05) is 26.2 Å². The fourth-order valence-corrected chi connectivity index (χ4v) is 6.42. The molecule has 5 nitrogen and oxygen atoms in total. The van der Waals surface area contributed by atoms with Crippen LogP contribution < -0.4 is 9.60 Å². The minimum absolute atomic E-state index is 0.922. The molecule has 0 aliphatic heterocycles. The van der Waals surface area contributed by atoms with Crippen LogP contribution in [0, 0.1) is 0 Å². The molecule has 4 aromatic rings. The monoisotopic (exact) mass is 468 g/mol. The summed E-state index contributed by atoms with van der Waals surface area (Å²) in [6.45, 7) is 12.8. The summed E-state index contributed by atoms with van der Waals surface area (Å²) in [5.74, 6) is 0. The Labute approximate surface area is 198 Å². The average Bonchev–Trinajstić information content (AvgIpc) is 3.35. The number of para-hydroxylation sites is 2. The average molecular weight is 469 g/mol. The van der Waals surface area contributed by atoms with Gasteiger partial charge in [-0.25, -0.2) is 0 Å². The maximum atomic E-state index is 4.74. The fraction of sp³-hybridized carbons (Fsp3) is 0.440. The van der Waals surface area contributed by atoms with E-state index >= 15 is 0 Å². The van der Waals surface area contributed by atoms with E-state index in [9.17, 15) is 0 Å². The summed E-state index contributed by atoms with van der Waals surface area (Å²) in [6.07, 6.45) is 2.39. The quantitative estimate of drug-likeness (QED) is 0.181. The van der Waals surface area contributed by atoms with Crippen LogP contribution >= 0.6 is 22.7 Å². The van der Waals surface area contributed by atoms with Crippen molar-refractivity contribution in [1.29, 1.82) is 0 Å². The largest absolute Gasteiger partial charge is 0.324 e. The van der Waals surface area contributed by atoms with Crippen molar-refractivity contribution < 1.29 is 4.48 Å². The normalized spacial score (nSPS) is 13.6. The van der Waals surface area contributed by atoms with Gasteiger partial charge in [0.2, 0.25) is 9.60 Å². The molecule has 0 amide bonds. The van der Waals surface area contributed by atoms with Crippen LogP contribution in [-0.2, 0) is 13.6 Å². The third-order valence-electron chi connectivity index (χ3n) is 6.80. The van der Waals surface area contributed by atoms with Crippen LogP contribution in [0.3, 0.4) is 0 Å². The van der Waals surface area contributed by atoms with Crippen molar-refractivity contribution in [2.45, 2.75) is 40.2 Å². The minimum Gasteiger partial charge on any atom is -0.324 e. The molecule has 0 N–H and O–H groups in total. The Bertz CT molecular complexity index is 1310. The first-order valence-corrected chi connectivity index (χ1v) is 13.3. The van der Waals surface area contributed by atoms with Gasteiger partial charge in [-0.1, -0.05) is 46.9 Å². The Kier molecular flexibility index (Phi) is 7.28. The van der Waals surface area contributed by atoms with E-state index in [1.807, 2.05) is 0 Å². The van der Waals surface area contributed by atoms with E-state index in [1.54, 1.807) is 22.7 Å². The minimum atomic E-state index is 0.922. The van der Waals surface area contributed by atoms with E-state index in [4.69, 9.17) is 5.10 Å². The van der Waals surface area contributed by atoms with E-state index in [2.05, 4.69) is 90.6 Å². The first-order valence-electron chi connectivity index (χ1n) is 11.7. The molecule has 0 saturated heterocycles. The lowest BCUT2D eigenvalue weighted by molar-refractivity contribution is -0.923. The van der Waals surface area contributed by atoms with Crippen LogP contribution in [0.25, 0.3) is 20.4 Å². The third-order valence-corrected chi connectivity index (χ3v) is 8.95. The van der Waals surface area contributed by atoms with Crippen LogP contribution in [0.1, 0.15) is 33.6 Å². The molecule has 0 fully saturated rings. The van der Waals surface area contributed by atoms with E-state index in [1.165, 1.54) is 57.5 Å². The maximum absolute atomic E-state index is 4.74. The number of hydrogen-bond donors (Lipinski definition) is 0. The van der Waals surface area contributed by atoms with Gasteiger partial charge in [0, 0.05) is 13.6 Å². The van der Waals surface area contributed by atoms with Crippen molar-refractivity contribution in [1.82, 2.24) is 9.13 Å². The van der Waals surface area contributed by atoms with Crippen LogP contribution in [0.15, 0.2) is 58.7 Å². The molecule has 2 heterocycles. The zero-order valence-corrected chi connectivity index (χ0v) is 21.3. The second-order valence-corrected chi connectivity index (χ2v) is 10.4. The van der Waals surface area contributed by atoms with Gasteiger partial charge in [-0.2, -0.15) is 0 Å². The lowest BCUT2D eigenvalue weighted by atomic mass is 10.2. The second kappa shape index (κ2) is 10.1. The molecule has 0 aliphatic rings. The van der Waals surface area contributed by atoms with Gasteiger partial charge in [-0.3, -0.25) is 0 Å². The smallest absolute Gasteiger partial charge is 0.211 e. The molecular formula is C25H34N5S2+. The highest BCUT2D eigenvalue weighted by molar-refractivity contribution is 7.16. The van der Waals surface area contributed by atoms with Gasteiger partial charge in [0.15, 0.2) is 0 Å². The van der Waals surface area contributed by atoms with Gasteiger partial charge >= 0.3 is 0 Å². The Balaban J connectivity index is 1.64. The molecule has 0 unspecified atom stereocenters. The van der Waals surface area contributed by atoms with Gasteiger partial charge in [-0.05, 0) is 57.9 Å². The summed E-state index contributed by atoms with van der Waals surface area (Å²) in [5, 5.41) is 9.41. The van der Waals surface area contributed by atoms with E-state index in [-0.39, 0.29) is 0 Å². The predicted molar refractivity (Wildman–Crippen MR) is 138 cm³/mol. The highest BCUT2D eigenvalue weighted by Gasteiger charge is 2.19. The number of hydrogen-bond acceptors (Lipinski definition) is 4. The molecule has 4 rings (SSSR count). The Morgan fingerprint density at radius 2 is 1.31 bits per heavy atom. The number of quaternary nitrogens is 1. The summed E-state index contributed by atoms with van der Waals surface area (Å²) in [5.41, 5.74) is 2.45. The van der Waals surface area contributed by atoms with Crippen LogP contribution in [-0.4, -0.2) is 39.8 Å². The van der Waals surface area contributed by atoms with E-state index < -0.39 is 0 Å². The van der Waals surface area contributed by atoms with E-state index in [0.717, 1.165) is 22.6 Å². The molecule has 0 saturated carbocycles. The Morgan fingerprint density at radius 3 is 1.97 bits per heavy atom. The summed E-state index contributed by atoms with van der Waals surface area (Å²) >= 11 is 3.41. The number of unbranched alkanes of at least 4 members (excludes halogenated alkanes) is 1. The lowest BCUT2D eigenvalue weighted by Crippen LogP contribution is -2.48. The van der Waals surface area contributed by atoms with Gasteiger partial charge in [0.1, 0.15) is 0 Å². The molecule has 0 aliphatic carbocycles. The molecule has 0 bridgehead atoms. The Morgan fingerprint density at radius 1 is 0.750 bits per heavy atom. The van der Waals surface area contributed by atoms with Gasteiger partial charge in [0.05, 0.1) is 46.6 Å². The van der Waals surface area contributed by atoms with Gasteiger partial charge in [0.25, 0.3) is 0 Å². The number of aromatic nitrogens is 2. The number of fused-ring (bicyclic) bond motifs is 2. The molecule has 2 aromatic carbocycles. The van der Waals surface area contributed by atoms with Gasteiger partial charge in [-0.15, -0.1) is 10.2 Å². The van der Waals surface area contributed by atoms with Crippen LogP contribution in [0.2, 0.25) is 0 Å². The predicted octanol–water partition coefficient (Wildman–Crippen LogP) is 5.33. The van der Waals surface area contributed by atoms with E-state index in [0.29, 0.717) is 0 Å². The van der Waals surface area contributed by atoms with Crippen molar-refractivity contribution in [3.63, 3.8) is 0 Å². The number of nitrogens with zero attached hydrogens (tertiary/aromatic N) is 5. The van der Waals surface area contributed by atoms with Crippen LogP contribution in [0.5, 0.6) is 0 Å². The third kappa shape index (κ3) is 4.60. The topological polar surface area (TPSA) is 34.6 Å². The first-order chi connectivity index (χ1) is 15.6. The summed E-state index contributed by atoms with van der Waals surface area (Å²) < 4.78 is 8.19. The van der Waals surface area contributed by atoms with Crippen molar-refractivity contribution in [3.05, 3.63) is 58.1 Å². The van der Waals surface area contributed by atoms with Crippen molar-refractivity contribution >= 4 is 43.1 Å². The maximum Gasteiger partial charge on any atom is 0.211 e. The number of thiazole rings is 2. The number of benzene rings is 2. The number of rotatable bonds is 9. The lowest BCUT2D eigenvalue weighted by Gasteiger charge is -2.35. The molecule has 7 heteroatoms. The SMILES string of the molecule is CC[N+](CC)(CC)CCCCn1/c(=N\N=c2\sc3ccccc3n2C)sc2ccccc21. The zero-order valence-electron chi connectivity index (χ0n) is 19.6. The first kappa shape index (κ1) is 23.0. The van der Waals surface area contributed by atoms with Crippen molar-refractivity contribution in [2.24, 2.45) is 17.3 Å². The highest BCUT2D eigenvalue weighted by atomic mass is 32.1. The second-order valence-electron chi connectivity index (χ2n) is 8.34. The zero-order chi connectivity index (χ0) is 22.6. The molecule has 2 aromatic heterocycles. The summed E-state index contributed by atoms with van der Waals surface area (Å²) in [6, 6.07) is 17.0.